The van der Waals surface area contributed by atoms with Gasteiger partial charge in [0.05, 0.1) is 10.3 Å². The number of thioether (sulfide) groups is 1. The minimum Gasteiger partial charge on any atom is -0.356 e. The van der Waals surface area contributed by atoms with Crippen LogP contribution in [0.5, 0.6) is 0 Å². The SMILES string of the molecule is CCN(CC)C(=O)c1cc2c(N3CCCCC3)nc(SC)nc2s1. The number of rotatable bonds is 5. The van der Waals surface area contributed by atoms with Gasteiger partial charge in [-0.15, -0.1) is 11.3 Å². The predicted molar refractivity (Wildman–Crippen MR) is 103 cm³/mol. The van der Waals surface area contributed by atoms with E-state index in [0.717, 1.165) is 52.2 Å². The molecule has 0 saturated carbocycles. The average molecular weight is 365 g/mol. The summed E-state index contributed by atoms with van der Waals surface area (Å²) in [7, 11) is 0. The fourth-order valence-corrected chi connectivity index (χ4v) is 4.51. The molecule has 0 N–H and O–H groups in total. The largest absolute Gasteiger partial charge is 0.356 e. The summed E-state index contributed by atoms with van der Waals surface area (Å²) in [6, 6.07) is 1.99. The molecule has 2 aromatic rings. The van der Waals surface area contributed by atoms with Gasteiger partial charge < -0.3 is 9.80 Å². The molecule has 24 heavy (non-hydrogen) atoms. The Morgan fingerprint density at radius 2 is 1.96 bits per heavy atom. The highest BCUT2D eigenvalue weighted by atomic mass is 32.2. The number of aromatic nitrogens is 2. The number of anilines is 1. The van der Waals surface area contributed by atoms with E-state index >= 15 is 0 Å². The summed E-state index contributed by atoms with van der Waals surface area (Å²) in [5.41, 5.74) is 0. The molecule has 3 heterocycles. The topological polar surface area (TPSA) is 49.3 Å². The van der Waals surface area contributed by atoms with Gasteiger partial charge >= 0.3 is 0 Å². The van der Waals surface area contributed by atoms with E-state index in [4.69, 9.17) is 4.98 Å². The van der Waals surface area contributed by atoms with Crippen molar-refractivity contribution in [1.29, 1.82) is 0 Å². The van der Waals surface area contributed by atoms with Crippen molar-refractivity contribution in [3.8, 4) is 0 Å². The summed E-state index contributed by atoms with van der Waals surface area (Å²) >= 11 is 3.05. The summed E-state index contributed by atoms with van der Waals surface area (Å²) in [6.07, 6.45) is 5.69. The Hall–Kier alpha value is -1.34. The Kier molecular flexibility index (Phi) is 5.61. The number of hydrogen-bond donors (Lipinski definition) is 0. The van der Waals surface area contributed by atoms with Crippen molar-refractivity contribution in [3.05, 3.63) is 10.9 Å². The molecular formula is C17H24N4OS2. The number of thiophene rings is 1. The highest BCUT2D eigenvalue weighted by molar-refractivity contribution is 7.98. The maximum absolute atomic E-state index is 12.7. The Morgan fingerprint density at radius 1 is 1.25 bits per heavy atom. The predicted octanol–water partition coefficient (Wildman–Crippen LogP) is 3.89. The van der Waals surface area contributed by atoms with Crippen molar-refractivity contribution >= 4 is 45.0 Å². The van der Waals surface area contributed by atoms with E-state index < -0.39 is 0 Å². The van der Waals surface area contributed by atoms with Gasteiger partial charge in [0, 0.05) is 26.2 Å². The zero-order chi connectivity index (χ0) is 17.1. The molecular weight excluding hydrogens is 340 g/mol. The van der Waals surface area contributed by atoms with Crippen molar-refractivity contribution in [1.82, 2.24) is 14.9 Å². The standard InChI is InChI=1S/C17H24N4OS2/c1-4-20(5-2)16(22)13-11-12-14(21-9-7-6-8-10-21)18-17(23-3)19-15(12)24-13/h11H,4-10H2,1-3H3. The normalized spacial score (nSPS) is 15.0. The first-order valence-corrected chi connectivity index (χ1v) is 10.6. The molecule has 0 spiro atoms. The maximum atomic E-state index is 12.7. The number of nitrogens with zero attached hydrogens (tertiary/aromatic N) is 4. The molecule has 2 aromatic heterocycles. The average Bonchev–Trinajstić information content (AvgIpc) is 3.06. The molecule has 1 aliphatic rings. The van der Waals surface area contributed by atoms with Crippen LogP contribution < -0.4 is 4.90 Å². The van der Waals surface area contributed by atoms with E-state index in [0.29, 0.717) is 0 Å². The second-order valence-corrected chi connectivity index (χ2v) is 7.69. The van der Waals surface area contributed by atoms with Crippen molar-refractivity contribution in [3.63, 3.8) is 0 Å². The van der Waals surface area contributed by atoms with Gasteiger partial charge in [0.15, 0.2) is 5.16 Å². The minimum atomic E-state index is 0.0956. The number of fused-ring (bicyclic) bond motifs is 1. The monoisotopic (exact) mass is 364 g/mol. The van der Waals surface area contributed by atoms with E-state index in [1.165, 1.54) is 30.6 Å². The van der Waals surface area contributed by atoms with Crippen LogP contribution in [-0.4, -0.2) is 53.2 Å². The van der Waals surface area contributed by atoms with Crippen LogP contribution in [0.25, 0.3) is 10.2 Å². The molecule has 1 aliphatic heterocycles. The Balaban J connectivity index is 2.05. The summed E-state index contributed by atoms with van der Waals surface area (Å²) in [5, 5.41) is 1.81. The number of hydrogen-bond acceptors (Lipinski definition) is 6. The van der Waals surface area contributed by atoms with Gasteiger partial charge in [-0.25, -0.2) is 9.97 Å². The van der Waals surface area contributed by atoms with Crippen molar-refractivity contribution in [2.75, 3.05) is 37.3 Å². The molecule has 0 bridgehead atoms. The lowest BCUT2D eigenvalue weighted by Crippen LogP contribution is -2.30. The molecule has 1 fully saturated rings. The Morgan fingerprint density at radius 3 is 2.58 bits per heavy atom. The van der Waals surface area contributed by atoms with Gasteiger partial charge in [-0.2, -0.15) is 0 Å². The van der Waals surface area contributed by atoms with E-state index in [1.807, 2.05) is 31.1 Å². The van der Waals surface area contributed by atoms with Crippen LogP contribution in [0.3, 0.4) is 0 Å². The van der Waals surface area contributed by atoms with Crippen LogP contribution in [0, 0.1) is 0 Å². The third-order valence-corrected chi connectivity index (χ3v) is 6.02. The van der Waals surface area contributed by atoms with Gasteiger partial charge in [0.2, 0.25) is 0 Å². The van der Waals surface area contributed by atoms with E-state index in [9.17, 15) is 4.79 Å². The highest BCUT2D eigenvalue weighted by Crippen LogP contribution is 2.34. The smallest absolute Gasteiger partial charge is 0.264 e. The molecule has 3 rings (SSSR count). The summed E-state index contributed by atoms with van der Waals surface area (Å²) in [5.74, 6) is 1.09. The first-order chi connectivity index (χ1) is 11.7. The molecule has 5 nitrogen and oxygen atoms in total. The fourth-order valence-electron chi connectivity index (χ4n) is 3.10. The third-order valence-electron chi connectivity index (χ3n) is 4.45. The molecule has 7 heteroatoms. The van der Waals surface area contributed by atoms with Crippen molar-refractivity contribution < 1.29 is 4.79 Å². The van der Waals surface area contributed by atoms with Crippen LogP contribution in [0.1, 0.15) is 42.8 Å². The lowest BCUT2D eigenvalue weighted by Gasteiger charge is -2.28. The third kappa shape index (κ3) is 3.37. The quantitative estimate of drug-likeness (QED) is 0.595. The fraction of sp³-hybridized carbons (Fsp3) is 0.588. The Bertz CT molecular complexity index is 721. The molecule has 0 aromatic carbocycles. The maximum Gasteiger partial charge on any atom is 0.264 e. The molecule has 1 amide bonds. The van der Waals surface area contributed by atoms with Crippen molar-refractivity contribution in [2.24, 2.45) is 0 Å². The second kappa shape index (κ2) is 7.70. The lowest BCUT2D eigenvalue weighted by molar-refractivity contribution is 0.0778. The molecule has 0 unspecified atom stereocenters. The Labute approximate surface area is 151 Å². The van der Waals surface area contributed by atoms with E-state index in [2.05, 4.69) is 9.88 Å². The highest BCUT2D eigenvalue weighted by Gasteiger charge is 2.22. The van der Waals surface area contributed by atoms with Gasteiger partial charge in [0.25, 0.3) is 5.91 Å². The van der Waals surface area contributed by atoms with Crippen LogP contribution >= 0.6 is 23.1 Å². The second-order valence-electron chi connectivity index (χ2n) is 5.89. The van der Waals surface area contributed by atoms with Gasteiger partial charge in [-0.3, -0.25) is 4.79 Å². The first-order valence-electron chi connectivity index (χ1n) is 8.57. The van der Waals surface area contributed by atoms with Crippen LogP contribution in [0.4, 0.5) is 5.82 Å². The molecule has 0 atom stereocenters. The van der Waals surface area contributed by atoms with Crippen molar-refractivity contribution in [2.45, 2.75) is 38.3 Å². The molecule has 0 aliphatic carbocycles. The molecule has 0 radical (unpaired) electrons. The molecule has 1 saturated heterocycles. The van der Waals surface area contributed by atoms with Gasteiger partial charge in [-0.1, -0.05) is 11.8 Å². The van der Waals surface area contributed by atoms with Gasteiger partial charge in [0.1, 0.15) is 10.6 Å². The van der Waals surface area contributed by atoms with Crippen LogP contribution in [-0.2, 0) is 0 Å². The number of carbonyl (C=O) groups is 1. The number of amides is 1. The number of piperidine rings is 1. The van der Waals surface area contributed by atoms with Gasteiger partial charge in [-0.05, 0) is 45.4 Å². The first kappa shape index (κ1) is 17.5. The summed E-state index contributed by atoms with van der Waals surface area (Å²) in [6.45, 7) is 7.55. The van der Waals surface area contributed by atoms with E-state index in [-0.39, 0.29) is 5.91 Å². The van der Waals surface area contributed by atoms with Crippen LogP contribution in [0.15, 0.2) is 11.2 Å². The minimum absolute atomic E-state index is 0.0956. The van der Waals surface area contributed by atoms with E-state index in [1.54, 1.807) is 11.8 Å². The summed E-state index contributed by atoms with van der Waals surface area (Å²) in [4.78, 5) is 28.0. The molecule has 130 valence electrons. The zero-order valence-electron chi connectivity index (χ0n) is 14.5. The zero-order valence-corrected chi connectivity index (χ0v) is 16.2. The number of carbonyl (C=O) groups excluding carboxylic acids is 1. The van der Waals surface area contributed by atoms with Crippen LogP contribution in [0.2, 0.25) is 0 Å². The summed E-state index contributed by atoms with van der Waals surface area (Å²) < 4.78 is 0. The lowest BCUT2D eigenvalue weighted by atomic mass is 10.1.